The first-order valence-electron chi connectivity index (χ1n) is 7.98. The zero-order valence-electron chi connectivity index (χ0n) is 13.8. The van der Waals surface area contributed by atoms with Crippen molar-refractivity contribution < 1.29 is 19.1 Å². The maximum Gasteiger partial charge on any atom is 0.262 e. The van der Waals surface area contributed by atoms with Gasteiger partial charge in [0, 0.05) is 24.1 Å². The molecule has 3 rings (SSSR count). The van der Waals surface area contributed by atoms with Crippen LogP contribution >= 0.6 is 0 Å². The fraction of sp³-hybridized carbons (Fsp3) is 0.211. The van der Waals surface area contributed by atoms with Gasteiger partial charge < -0.3 is 15.4 Å². The molecule has 0 unspecified atom stereocenters. The Balaban J connectivity index is 1.57. The summed E-state index contributed by atoms with van der Waals surface area (Å²) in [6.07, 6.45) is 0.179. The van der Waals surface area contributed by atoms with Crippen LogP contribution in [-0.4, -0.2) is 24.2 Å². The average Bonchev–Trinajstić information content (AvgIpc) is 2.61. The maximum atomic E-state index is 12.3. The number of rotatable bonds is 5. The van der Waals surface area contributed by atoms with Crippen LogP contribution in [0.25, 0.3) is 0 Å². The number of fused-ring (bicyclic) bond motifs is 1. The molecule has 1 aliphatic heterocycles. The zero-order chi connectivity index (χ0) is 17.8. The first-order valence-corrected chi connectivity index (χ1v) is 7.98. The molecule has 2 amide bonds. The van der Waals surface area contributed by atoms with E-state index in [9.17, 15) is 14.4 Å². The summed E-state index contributed by atoms with van der Waals surface area (Å²) >= 11 is 0. The van der Waals surface area contributed by atoms with Gasteiger partial charge in [-0.3, -0.25) is 14.4 Å². The second-order valence-electron chi connectivity index (χ2n) is 5.89. The third-order valence-electron chi connectivity index (χ3n) is 3.85. The number of hydrogen-bond acceptors (Lipinski definition) is 4. The van der Waals surface area contributed by atoms with Crippen LogP contribution in [-0.2, 0) is 9.59 Å². The summed E-state index contributed by atoms with van der Waals surface area (Å²) in [4.78, 5) is 35.6. The van der Waals surface area contributed by atoms with E-state index in [-0.39, 0.29) is 37.0 Å². The fourth-order valence-corrected chi connectivity index (χ4v) is 2.49. The summed E-state index contributed by atoms with van der Waals surface area (Å²) < 4.78 is 5.26. The van der Waals surface area contributed by atoms with Crippen LogP contribution in [0, 0.1) is 6.92 Å². The molecule has 1 aliphatic rings. The average molecular weight is 338 g/mol. The van der Waals surface area contributed by atoms with E-state index in [1.165, 1.54) is 0 Å². The molecule has 128 valence electrons. The molecule has 1 heterocycles. The molecule has 0 aromatic heterocycles. The predicted molar refractivity (Wildman–Crippen MR) is 93.9 cm³/mol. The normalized spacial score (nSPS) is 12.6. The minimum absolute atomic E-state index is 0.0283. The highest BCUT2D eigenvalue weighted by Gasteiger charge is 2.18. The summed E-state index contributed by atoms with van der Waals surface area (Å²) in [6, 6.07) is 12.3. The Morgan fingerprint density at radius 3 is 2.64 bits per heavy atom. The maximum absolute atomic E-state index is 12.3. The van der Waals surface area contributed by atoms with Crippen molar-refractivity contribution in [2.75, 3.05) is 17.2 Å². The van der Waals surface area contributed by atoms with Crippen molar-refractivity contribution in [3.8, 4) is 5.75 Å². The van der Waals surface area contributed by atoms with Gasteiger partial charge in [-0.25, -0.2) is 0 Å². The molecular formula is C19H18N2O4. The second kappa shape index (κ2) is 7.17. The Hall–Kier alpha value is -3.15. The highest BCUT2D eigenvalue weighted by molar-refractivity contribution is 6.02. The van der Waals surface area contributed by atoms with Crippen molar-refractivity contribution in [3.63, 3.8) is 0 Å². The van der Waals surface area contributed by atoms with E-state index in [1.807, 2.05) is 31.2 Å². The largest absolute Gasteiger partial charge is 0.482 e. The Labute approximate surface area is 145 Å². The van der Waals surface area contributed by atoms with Crippen molar-refractivity contribution in [1.29, 1.82) is 0 Å². The summed E-state index contributed by atoms with van der Waals surface area (Å²) in [6.45, 7) is 1.94. The van der Waals surface area contributed by atoms with Gasteiger partial charge >= 0.3 is 0 Å². The van der Waals surface area contributed by atoms with E-state index < -0.39 is 0 Å². The summed E-state index contributed by atoms with van der Waals surface area (Å²) in [5.74, 6) is -0.101. The highest BCUT2D eigenvalue weighted by Crippen LogP contribution is 2.29. The van der Waals surface area contributed by atoms with E-state index in [4.69, 9.17) is 4.74 Å². The summed E-state index contributed by atoms with van der Waals surface area (Å²) in [7, 11) is 0. The van der Waals surface area contributed by atoms with E-state index in [0.29, 0.717) is 22.7 Å². The number of ether oxygens (including phenoxy) is 1. The highest BCUT2D eigenvalue weighted by atomic mass is 16.5. The van der Waals surface area contributed by atoms with E-state index in [2.05, 4.69) is 10.6 Å². The minimum Gasteiger partial charge on any atom is -0.482 e. The quantitative estimate of drug-likeness (QED) is 0.821. The van der Waals surface area contributed by atoms with Crippen molar-refractivity contribution >= 4 is 29.0 Å². The number of carbonyl (C=O) groups is 3. The number of ketones is 1. The van der Waals surface area contributed by atoms with Gasteiger partial charge in [0.2, 0.25) is 5.91 Å². The Bertz CT molecular complexity index is 828. The molecule has 2 aromatic rings. The lowest BCUT2D eigenvalue weighted by Gasteiger charge is -2.18. The number of hydrogen-bond donors (Lipinski definition) is 2. The number of Topliss-reactive ketones (excluding diaryl/α,β-unsaturated/α-hetero) is 1. The van der Waals surface area contributed by atoms with Crippen LogP contribution in [0.3, 0.4) is 0 Å². The lowest BCUT2D eigenvalue weighted by atomic mass is 10.0. The van der Waals surface area contributed by atoms with Crippen molar-refractivity contribution in [1.82, 2.24) is 0 Å². The first kappa shape index (κ1) is 16.7. The van der Waals surface area contributed by atoms with Crippen LogP contribution in [0.5, 0.6) is 5.75 Å². The van der Waals surface area contributed by atoms with Crippen molar-refractivity contribution in [3.05, 3.63) is 53.6 Å². The van der Waals surface area contributed by atoms with Gasteiger partial charge in [0.05, 0.1) is 5.69 Å². The molecule has 6 nitrogen and oxygen atoms in total. The molecule has 0 aliphatic carbocycles. The molecular weight excluding hydrogens is 320 g/mol. The van der Waals surface area contributed by atoms with Crippen LogP contribution in [0.15, 0.2) is 42.5 Å². The molecule has 0 bridgehead atoms. The molecule has 2 aromatic carbocycles. The second-order valence-corrected chi connectivity index (χ2v) is 5.89. The SMILES string of the molecule is Cc1ccc(NC(=O)CCC(=O)c2ccc3c(c2)NC(=O)CO3)cc1. The third kappa shape index (κ3) is 4.23. The van der Waals surface area contributed by atoms with Crippen LogP contribution in [0.4, 0.5) is 11.4 Å². The fourth-order valence-electron chi connectivity index (χ4n) is 2.49. The first-order chi connectivity index (χ1) is 12.0. The number of amides is 2. The van der Waals surface area contributed by atoms with Gasteiger partial charge in [0.1, 0.15) is 5.75 Å². The summed E-state index contributed by atoms with van der Waals surface area (Å²) in [5, 5.41) is 5.43. The molecule has 0 fully saturated rings. The van der Waals surface area contributed by atoms with Gasteiger partial charge in [0.15, 0.2) is 12.4 Å². The van der Waals surface area contributed by atoms with Crippen LogP contribution in [0.1, 0.15) is 28.8 Å². The van der Waals surface area contributed by atoms with E-state index in [0.717, 1.165) is 5.56 Å². The smallest absolute Gasteiger partial charge is 0.262 e. The van der Waals surface area contributed by atoms with E-state index >= 15 is 0 Å². The molecule has 2 N–H and O–H groups in total. The third-order valence-corrected chi connectivity index (χ3v) is 3.85. The van der Waals surface area contributed by atoms with Crippen molar-refractivity contribution in [2.24, 2.45) is 0 Å². The molecule has 0 spiro atoms. The van der Waals surface area contributed by atoms with Gasteiger partial charge in [-0.2, -0.15) is 0 Å². The lowest BCUT2D eigenvalue weighted by molar-refractivity contribution is -0.118. The standard InChI is InChI=1S/C19H18N2O4/c1-12-2-5-14(6-3-12)20-18(23)9-7-16(22)13-4-8-17-15(10-13)21-19(24)11-25-17/h2-6,8,10H,7,9,11H2,1H3,(H,20,23)(H,21,24). The van der Waals surface area contributed by atoms with Gasteiger partial charge in [-0.15, -0.1) is 0 Å². The molecule has 6 heteroatoms. The minimum atomic E-state index is -0.255. The number of anilines is 2. The topological polar surface area (TPSA) is 84.5 Å². The van der Waals surface area contributed by atoms with E-state index in [1.54, 1.807) is 18.2 Å². The molecule has 0 saturated heterocycles. The van der Waals surface area contributed by atoms with Gasteiger partial charge in [-0.05, 0) is 37.3 Å². The van der Waals surface area contributed by atoms with Gasteiger partial charge in [-0.1, -0.05) is 17.7 Å². The lowest BCUT2D eigenvalue weighted by Crippen LogP contribution is -2.25. The molecule has 25 heavy (non-hydrogen) atoms. The number of nitrogens with one attached hydrogen (secondary N) is 2. The molecule has 0 saturated carbocycles. The van der Waals surface area contributed by atoms with Crippen molar-refractivity contribution in [2.45, 2.75) is 19.8 Å². The van der Waals surface area contributed by atoms with Crippen LogP contribution < -0.4 is 15.4 Å². The zero-order valence-corrected chi connectivity index (χ0v) is 13.8. The number of benzene rings is 2. The van der Waals surface area contributed by atoms with Gasteiger partial charge in [0.25, 0.3) is 5.91 Å². The molecule has 0 radical (unpaired) electrons. The monoisotopic (exact) mass is 338 g/mol. The Morgan fingerprint density at radius 1 is 1.12 bits per heavy atom. The summed E-state index contributed by atoms with van der Waals surface area (Å²) in [5.41, 5.74) is 2.73. The number of carbonyl (C=O) groups excluding carboxylic acids is 3. The number of aryl methyl sites for hydroxylation is 1. The van der Waals surface area contributed by atoms with Crippen LogP contribution in [0.2, 0.25) is 0 Å². The molecule has 0 atom stereocenters. The Kier molecular flexibility index (Phi) is 4.79. The predicted octanol–water partition coefficient (Wildman–Crippen LogP) is 2.93. The Morgan fingerprint density at radius 2 is 1.88 bits per heavy atom.